The Morgan fingerprint density at radius 1 is 0.421 bits per heavy atom. The second kappa shape index (κ2) is 13.2. The molecule has 2 heteroatoms. The SMILES string of the molecule is c1ccc(C[P+](c2ccccc2)(c2ccccc2)c2ccc(CCCCCOc3ccccc3)cc2)cc1. The van der Waals surface area contributed by atoms with Gasteiger partial charge < -0.3 is 4.74 Å². The summed E-state index contributed by atoms with van der Waals surface area (Å²) >= 11 is 0. The summed E-state index contributed by atoms with van der Waals surface area (Å²) < 4.78 is 5.85. The van der Waals surface area contributed by atoms with E-state index in [1.165, 1.54) is 39.9 Å². The molecule has 0 saturated heterocycles. The monoisotopic (exact) mass is 515 g/mol. The van der Waals surface area contributed by atoms with Crippen molar-refractivity contribution in [2.75, 3.05) is 6.61 Å². The smallest absolute Gasteiger partial charge is 0.119 e. The molecule has 0 heterocycles. The fraction of sp³-hybridized carbons (Fsp3) is 0.167. The second-order valence-electron chi connectivity index (χ2n) is 9.76. The topological polar surface area (TPSA) is 9.23 Å². The molecule has 0 aliphatic heterocycles. The van der Waals surface area contributed by atoms with Crippen molar-refractivity contribution in [2.45, 2.75) is 31.8 Å². The molecule has 0 amide bonds. The molecule has 0 unspecified atom stereocenters. The lowest BCUT2D eigenvalue weighted by Crippen LogP contribution is -2.32. The van der Waals surface area contributed by atoms with Crippen LogP contribution in [0.4, 0.5) is 0 Å². The number of unbranched alkanes of at least 4 members (excludes halogenated alkanes) is 2. The number of aryl methyl sites for hydroxylation is 1. The van der Waals surface area contributed by atoms with E-state index >= 15 is 0 Å². The van der Waals surface area contributed by atoms with E-state index in [1.54, 1.807) is 0 Å². The quantitative estimate of drug-likeness (QED) is 0.121. The Labute approximate surface area is 228 Å². The summed E-state index contributed by atoms with van der Waals surface area (Å²) in [7, 11) is -1.88. The zero-order chi connectivity index (χ0) is 25.9. The summed E-state index contributed by atoms with van der Waals surface area (Å²) in [6.07, 6.45) is 5.56. The first kappa shape index (κ1) is 26.0. The van der Waals surface area contributed by atoms with Gasteiger partial charge in [0.15, 0.2) is 0 Å². The van der Waals surface area contributed by atoms with Gasteiger partial charge in [-0.1, -0.05) is 97.1 Å². The molecule has 5 rings (SSSR count). The number of benzene rings is 5. The maximum atomic E-state index is 5.85. The van der Waals surface area contributed by atoms with Crippen LogP contribution in [0.15, 0.2) is 146 Å². The van der Waals surface area contributed by atoms with Crippen molar-refractivity contribution in [1.82, 2.24) is 0 Å². The molecule has 1 nitrogen and oxygen atoms in total. The van der Waals surface area contributed by atoms with Crippen molar-refractivity contribution in [3.05, 3.63) is 157 Å². The normalized spacial score (nSPS) is 11.3. The van der Waals surface area contributed by atoms with Crippen molar-refractivity contribution in [2.24, 2.45) is 0 Å². The van der Waals surface area contributed by atoms with Gasteiger partial charge in [-0.2, -0.15) is 0 Å². The average molecular weight is 516 g/mol. The predicted octanol–water partition coefficient (Wildman–Crippen LogP) is 7.97. The van der Waals surface area contributed by atoms with Crippen molar-refractivity contribution < 1.29 is 4.74 Å². The van der Waals surface area contributed by atoms with Crippen molar-refractivity contribution in [1.29, 1.82) is 0 Å². The summed E-state index contributed by atoms with van der Waals surface area (Å²) in [5.41, 5.74) is 2.80. The molecule has 0 N–H and O–H groups in total. The highest BCUT2D eigenvalue weighted by Crippen LogP contribution is 2.58. The minimum Gasteiger partial charge on any atom is -0.494 e. The number of hydrogen-bond donors (Lipinski definition) is 0. The third kappa shape index (κ3) is 6.42. The van der Waals surface area contributed by atoms with Crippen LogP contribution in [0.5, 0.6) is 5.75 Å². The lowest BCUT2D eigenvalue weighted by Gasteiger charge is -2.28. The molecule has 5 aromatic carbocycles. The van der Waals surface area contributed by atoms with E-state index in [2.05, 4.69) is 115 Å². The number of rotatable bonds is 12. The molecule has 5 aromatic rings. The molecule has 0 radical (unpaired) electrons. The van der Waals surface area contributed by atoms with E-state index in [0.717, 1.165) is 31.4 Å². The highest BCUT2D eigenvalue weighted by atomic mass is 31.2. The van der Waals surface area contributed by atoms with Crippen LogP contribution in [-0.2, 0) is 12.6 Å². The standard InChI is InChI=1S/C36H36OP/c1-6-17-32(18-7-1)30-38(34-21-11-3-12-22-34,35-23-13-4-14-24-35)36-27-25-31(26-28-36)16-8-5-15-29-37-33-19-9-2-10-20-33/h1-4,6-7,9-14,17-28H,5,8,15-16,29-30H2/q+1. The largest absolute Gasteiger partial charge is 0.494 e. The Bertz CT molecular complexity index is 1310. The minimum atomic E-state index is -1.88. The van der Waals surface area contributed by atoms with E-state index in [1.807, 2.05) is 30.3 Å². The maximum Gasteiger partial charge on any atom is 0.119 e. The van der Waals surface area contributed by atoms with Gasteiger partial charge in [0.25, 0.3) is 0 Å². The van der Waals surface area contributed by atoms with Gasteiger partial charge in [-0.15, -0.1) is 0 Å². The van der Waals surface area contributed by atoms with Crippen molar-refractivity contribution >= 4 is 23.2 Å². The average Bonchev–Trinajstić information content (AvgIpc) is 3.00. The second-order valence-corrected chi connectivity index (χ2v) is 13.2. The Kier molecular flexibility index (Phi) is 9.03. The predicted molar refractivity (Wildman–Crippen MR) is 165 cm³/mol. The van der Waals surface area contributed by atoms with Crippen molar-refractivity contribution in [3.63, 3.8) is 0 Å². The zero-order valence-corrected chi connectivity index (χ0v) is 22.8. The van der Waals surface area contributed by atoms with Gasteiger partial charge in [0, 0.05) is 0 Å². The summed E-state index contributed by atoms with van der Waals surface area (Å²) in [5.74, 6) is 0.960. The Morgan fingerprint density at radius 3 is 1.50 bits per heavy atom. The van der Waals surface area contributed by atoms with Gasteiger partial charge in [0.05, 0.1) is 12.8 Å². The van der Waals surface area contributed by atoms with Crippen LogP contribution in [0.2, 0.25) is 0 Å². The van der Waals surface area contributed by atoms with Gasteiger partial charge in [0.2, 0.25) is 0 Å². The number of hydrogen-bond acceptors (Lipinski definition) is 1. The van der Waals surface area contributed by atoms with Crippen LogP contribution >= 0.6 is 7.26 Å². The van der Waals surface area contributed by atoms with Crippen LogP contribution in [0, 0.1) is 0 Å². The molecule has 190 valence electrons. The van der Waals surface area contributed by atoms with E-state index in [0.29, 0.717) is 0 Å². The lowest BCUT2D eigenvalue weighted by atomic mass is 10.1. The van der Waals surface area contributed by atoms with Gasteiger partial charge in [0.1, 0.15) is 28.9 Å². The minimum absolute atomic E-state index is 0.781. The van der Waals surface area contributed by atoms with Crippen LogP contribution in [-0.4, -0.2) is 6.61 Å². The van der Waals surface area contributed by atoms with E-state index in [4.69, 9.17) is 4.74 Å². The first-order chi connectivity index (χ1) is 18.8. The fourth-order valence-corrected chi connectivity index (χ4v) is 9.40. The molecule has 0 bridgehead atoms. The molecule has 0 aliphatic carbocycles. The first-order valence-electron chi connectivity index (χ1n) is 13.7. The summed E-state index contributed by atoms with van der Waals surface area (Å²) in [5, 5.41) is 4.31. The van der Waals surface area contributed by atoms with Crippen molar-refractivity contribution in [3.8, 4) is 5.75 Å². The van der Waals surface area contributed by atoms with E-state index in [9.17, 15) is 0 Å². The zero-order valence-electron chi connectivity index (χ0n) is 22.0. The molecule has 38 heavy (non-hydrogen) atoms. The molecule has 0 fully saturated rings. The molecule has 0 saturated carbocycles. The van der Waals surface area contributed by atoms with Crippen LogP contribution in [0.3, 0.4) is 0 Å². The van der Waals surface area contributed by atoms with Gasteiger partial charge in [-0.05, 0) is 85.3 Å². The molecule has 0 atom stereocenters. The summed E-state index contributed by atoms with van der Waals surface area (Å²) in [6.45, 7) is 0.781. The Balaban J connectivity index is 1.34. The molecule has 0 aliphatic rings. The highest BCUT2D eigenvalue weighted by molar-refractivity contribution is 7.95. The molecular weight excluding hydrogens is 479 g/mol. The summed E-state index contributed by atoms with van der Waals surface area (Å²) in [6, 6.07) is 52.9. The first-order valence-corrected chi connectivity index (χ1v) is 15.6. The maximum absolute atomic E-state index is 5.85. The summed E-state index contributed by atoms with van der Waals surface area (Å²) in [4.78, 5) is 0. The highest BCUT2D eigenvalue weighted by Gasteiger charge is 2.45. The Hall–Kier alpha value is -3.67. The Morgan fingerprint density at radius 2 is 0.921 bits per heavy atom. The van der Waals surface area contributed by atoms with E-state index < -0.39 is 7.26 Å². The number of ether oxygens (including phenoxy) is 1. The van der Waals surface area contributed by atoms with Gasteiger partial charge in [-0.25, -0.2) is 0 Å². The fourth-order valence-electron chi connectivity index (χ4n) is 5.18. The van der Waals surface area contributed by atoms with Gasteiger partial charge in [-0.3, -0.25) is 0 Å². The van der Waals surface area contributed by atoms with Crippen LogP contribution in [0.1, 0.15) is 30.4 Å². The van der Waals surface area contributed by atoms with E-state index in [-0.39, 0.29) is 0 Å². The van der Waals surface area contributed by atoms with Crippen LogP contribution in [0.25, 0.3) is 0 Å². The molecular formula is C36H36OP+. The van der Waals surface area contributed by atoms with Crippen LogP contribution < -0.4 is 20.7 Å². The molecule has 0 aromatic heterocycles. The number of para-hydroxylation sites is 1. The molecule has 0 spiro atoms. The third-order valence-corrected chi connectivity index (χ3v) is 11.5. The lowest BCUT2D eigenvalue weighted by molar-refractivity contribution is 0.305. The van der Waals surface area contributed by atoms with Gasteiger partial charge >= 0.3 is 0 Å². The third-order valence-electron chi connectivity index (χ3n) is 7.16.